The molecule has 1 spiro atoms. The summed E-state index contributed by atoms with van der Waals surface area (Å²) >= 11 is 0. The van der Waals surface area contributed by atoms with Crippen LogP contribution >= 0.6 is 0 Å². The Labute approximate surface area is 160 Å². The molecule has 1 saturated heterocycles. The summed E-state index contributed by atoms with van der Waals surface area (Å²) in [6.07, 6.45) is 7.02. The molecule has 1 unspecified atom stereocenters. The highest BCUT2D eigenvalue weighted by atomic mass is 16.2. The number of nitrogens with one attached hydrogen (secondary N) is 1. The summed E-state index contributed by atoms with van der Waals surface area (Å²) in [7, 11) is 0. The van der Waals surface area contributed by atoms with Gasteiger partial charge in [-0.2, -0.15) is 0 Å². The third-order valence-corrected chi connectivity index (χ3v) is 6.85. The van der Waals surface area contributed by atoms with Crippen molar-refractivity contribution in [3.8, 4) is 0 Å². The van der Waals surface area contributed by atoms with Gasteiger partial charge in [0.25, 0.3) is 0 Å². The number of piperidine rings is 1. The molecule has 5 rings (SSSR count). The molecule has 5 heteroatoms. The van der Waals surface area contributed by atoms with Crippen LogP contribution in [0, 0.1) is 0 Å². The zero-order valence-electron chi connectivity index (χ0n) is 16.0. The molecular formula is C22H28N4O. The summed E-state index contributed by atoms with van der Waals surface area (Å²) in [6.45, 7) is 5.64. The van der Waals surface area contributed by atoms with Crippen molar-refractivity contribution in [2.24, 2.45) is 0 Å². The molecule has 0 amide bonds. The highest BCUT2D eigenvalue weighted by Gasteiger charge is 2.45. The third-order valence-electron chi connectivity index (χ3n) is 6.85. The summed E-state index contributed by atoms with van der Waals surface area (Å²) in [5.41, 5.74) is 6.76. The van der Waals surface area contributed by atoms with E-state index in [9.17, 15) is 5.11 Å². The first-order valence-corrected chi connectivity index (χ1v) is 10.3. The standard InChI is InChI=1S/C22H28N4O/c1-15-2-4-18-20(15)21(25-14-24-18)26-13-22(7-9-23-10-8-22)17-12-16(6-11-27)3-5-19(17)26/h3,5,12,14-15,23,27H,2,4,6-11,13H2,1H3. The number of aromatic nitrogens is 2. The molecule has 1 atom stereocenters. The fourth-order valence-corrected chi connectivity index (χ4v) is 5.36. The monoisotopic (exact) mass is 364 g/mol. The largest absolute Gasteiger partial charge is 0.396 e. The fourth-order valence-electron chi connectivity index (χ4n) is 5.36. The molecule has 142 valence electrons. The van der Waals surface area contributed by atoms with Crippen LogP contribution in [0.25, 0.3) is 0 Å². The Morgan fingerprint density at radius 3 is 2.93 bits per heavy atom. The number of hydrogen-bond acceptors (Lipinski definition) is 5. The lowest BCUT2D eigenvalue weighted by Crippen LogP contribution is -2.42. The predicted octanol–water partition coefficient (Wildman–Crippen LogP) is 2.83. The lowest BCUT2D eigenvalue weighted by molar-refractivity contribution is 0.299. The van der Waals surface area contributed by atoms with Crippen molar-refractivity contribution in [2.75, 3.05) is 31.1 Å². The van der Waals surface area contributed by atoms with Gasteiger partial charge in [-0.3, -0.25) is 0 Å². The normalized spacial score (nSPS) is 22.9. The summed E-state index contributed by atoms with van der Waals surface area (Å²) in [4.78, 5) is 11.8. The number of fused-ring (bicyclic) bond motifs is 3. The molecule has 1 fully saturated rings. The molecule has 3 heterocycles. The Morgan fingerprint density at radius 2 is 2.11 bits per heavy atom. The Morgan fingerprint density at radius 1 is 1.26 bits per heavy atom. The van der Waals surface area contributed by atoms with Crippen molar-refractivity contribution in [1.82, 2.24) is 15.3 Å². The maximum Gasteiger partial charge on any atom is 0.140 e. The van der Waals surface area contributed by atoms with Crippen molar-refractivity contribution in [1.29, 1.82) is 0 Å². The lowest BCUT2D eigenvalue weighted by Gasteiger charge is -2.35. The number of aliphatic hydroxyl groups excluding tert-OH is 1. The fraction of sp³-hybridized carbons (Fsp3) is 0.545. The van der Waals surface area contributed by atoms with E-state index < -0.39 is 0 Å². The van der Waals surface area contributed by atoms with E-state index in [0.717, 1.165) is 51.1 Å². The number of aliphatic hydroxyl groups is 1. The Hall–Kier alpha value is -1.98. The van der Waals surface area contributed by atoms with Crippen molar-refractivity contribution in [2.45, 2.75) is 50.4 Å². The van der Waals surface area contributed by atoms with Gasteiger partial charge >= 0.3 is 0 Å². The summed E-state index contributed by atoms with van der Waals surface area (Å²) in [5, 5.41) is 12.9. The van der Waals surface area contributed by atoms with Crippen molar-refractivity contribution in [3.05, 3.63) is 46.9 Å². The van der Waals surface area contributed by atoms with E-state index in [1.807, 2.05) is 0 Å². The Bertz CT molecular complexity index is 859. The van der Waals surface area contributed by atoms with Gasteiger partial charge in [0.15, 0.2) is 0 Å². The maximum absolute atomic E-state index is 9.40. The molecule has 0 bridgehead atoms. The number of benzene rings is 1. The number of aryl methyl sites for hydroxylation is 1. The van der Waals surface area contributed by atoms with E-state index in [2.05, 4.69) is 40.3 Å². The van der Waals surface area contributed by atoms with E-state index in [1.165, 1.54) is 34.5 Å². The van der Waals surface area contributed by atoms with E-state index in [4.69, 9.17) is 4.98 Å². The number of anilines is 2. The SMILES string of the molecule is CC1CCc2ncnc(N3CC4(CCNCC4)c4cc(CCO)ccc43)c21. The van der Waals surface area contributed by atoms with Gasteiger partial charge in [-0.15, -0.1) is 0 Å². The number of nitrogens with zero attached hydrogens (tertiary/aromatic N) is 3. The van der Waals surface area contributed by atoms with Crippen LogP contribution in [-0.4, -0.2) is 41.3 Å². The van der Waals surface area contributed by atoms with E-state index >= 15 is 0 Å². The van der Waals surface area contributed by atoms with Gasteiger partial charge in [0.1, 0.15) is 12.1 Å². The number of rotatable bonds is 3. The quantitative estimate of drug-likeness (QED) is 0.877. The minimum absolute atomic E-state index is 0.186. The first-order valence-electron chi connectivity index (χ1n) is 10.3. The summed E-state index contributed by atoms with van der Waals surface area (Å²) in [6, 6.07) is 6.78. The first-order chi connectivity index (χ1) is 13.2. The van der Waals surface area contributed by atoms with Crippen molar-refractivity contribution >= 4 is 11.5 Å². The minimum atomic E-state index is 0.186. The van der Waals surface area contributed by atoms with Crippen molar-refractivity contribution < 1.29 is 5.11 Å². The van der Waals surface area contributed by atoms with E-state index in [-0.39, 0.29) is 12.0 Å². The van der Waals surface area contributed by atoms with Crippen LogP contribution in [0.15, 0.2) is 24.5 Å². The molecule has 1 aliphatic carbocycles. The Balaban J connectivity index is 1.64. The summed E-state index contributed by atoms with van der Waals surface area (Å²) < 4.78 is 0. The van der Waals surface area contributed by atoms with Crippen LogP contribution < -0.4 is 10.2 Å². The predicted molar refractivity (Wildman–Crippen MR) is 107 cm³/mol. The third kappa shape index (κ3) is 2.67. The van der Waals surface area contributed by atoms with Gasteiger partial charge in [-0.25, -0.2) is 9.97 Å². The second kappa shape index (κ2) is 6.57. The molecule has 27 heavy (non-hydrogen) atoms. The van der Waals surface area contributed by atoms with Crippen LogP contribution in [0.4, 0.5) is 11.5 Å². The highest BCUT2D eigenvalue weighted by molar-refractivity contribution is 5.74. The Kier molecular flexibility index (Phi) is 4.17. The second-order valence-electron chi connectivity index (χ2n) is 8.44. The minimum Gasteiger partial charge on any atom is -0.396 e. The summed E-state index contributed by atoms with van der Waals surface area (Å²) in [5.74, 6) is 1.65. The zero-order chi connectivity index (χ0) is 18.4. The van der Waals surface area contributed by atoms with Crippen LogP contribution in [0.5, 0.6) is 0 Å². The van der Waals surface area contributed by atoms with Crippen LogP contribution in [0.1, 0.15) is 54.5 Å². The molecule has 3 aliphatic rings. The first kappa shape index (κ1) is 17.1. The second-order valence-corrected chi connectivity index (χ2v) is 8.44. The maximum atomic E-state index is 9.40. The van der Waals surface area contributed by atoms with Gasteiger partial charge in [-0.05, 0) is 68.3 Å². The molecule has 0 radical (unpaired) electrons. The van der Waals surface area contributed by atoms with Crippen LogP contribution in [0.3, 0.4) is 0 Å². The van der Waals surface area contributed by atoms with E-state index in [1.54, 1.807) is 6.33 Å². The van der Waals surface area contributed by atoms with Gasteiger partial charge < -0.3 is 15.3 Å². The molecule has 2 N–H and O–H groups in total. The van der Waals surface area contributed by atoms with Gasteiger partial charge in [0.2, 0.25) is 0 Å². The average Bonchev–Trinajstić information content (AvgIpc) is 3.22. The van der Waals surface area contributed by atoms with E-state index in [0.29, 0.717) is 5.92 Å². The zero-order valence-corrected chi connectivity index (χ0v) is 16.0. The topological polar surface area (TPSA) is 61.3 Å². The molecular weight excluding hydrogens is 336 g/mol. The highest BCUT2D eigenvalue weighted by Crippen LogP contribution is 2.51. The molecule has 2 aliphatic heterocycles. The smallest absolute Gasteiger partial charge is 0.140 e. The lowest BCUT2D eigenvalue weighted by atomic mass is 9.74. The van der Waals surface area contributed by atoms with Gasteiger partial charge in [-0.1, -0.05) is 19.1 Å². The van der Waals surface area contributed by atoms with Crippen molar-refractivity contribution in [3.63, 3.8) is 0 Å². The molecule has 0 saturated carbocycles. The number of hydrogen-bond donors (Lipinski definition) is 2. The molecule has 1 aromatic heterocycles. The molecule has 5 nitrogen and oxygen atoms in total. The van der Waals surface area contributed by atoms with Gasteiger partial charge in [0.05, 0.1) is 0 Å². The average molecular weight is 364 g/mol. The van der Waals surface area contributed by atoms with Crippen LogP contribution in [0.2, 0.25) is 0 Å². The van der Waals surface area contributed by atoms with Gasteiger partial charge in [0, 0.05) is 35.5 Å². The molecule has 2 aromatic rings. The molecule has 1 aromatic carbocycles. The van der Waals surface area contributed by atoms with Crippen LogP contribution in [-0.2, 0) is 18.3 Å².